The van der Waals surface area contributed by atoms with Gasteiger partial charge in [-0.3, -0.25) is 4.79 Å². The summed E-state index contributed by atoms with van der Waals surface area (Å²) in [7, 11) is -3.88. The first kappa shape index (κ1) is 16.0. The third kappa shape index (κ3) is 2.96. The lowest BCUT2D eigenvalue weighted by Gasteiger charge is -2.26. The minimum Gasteiger partial charge on any atom is -0.480 e. The number of nitrogens with one attached hydrogen (secondary N) is 1. The third-order valence-corrected chi connectivity index (χ3v) is 5.93. The molecule has 0 amide bonds. The minimum atomic E-state index is -3.88. The SMILES string of the molecule is Cc1cc(C)c(S(=O)(=O)NC(C)(C(=O)O)C2CC2)c(C)c1. The maximum Gasteiger partial charge on any atom is 0.324 e. The van der Waals surface area contributed by atoms with Crippen molar-refractivity contribution >= 4 is 16.0 Å². The van der Waals surface area contributed by atoms with Gasteiger partial charge in [-0.15, -0.1) is 0 Å². The Morgan fingerprint density at radius 1 is 1.24 bits per heavy atom. The second kappa shape index (κ2) is 5.10. The Balaban J connectivity index is 2.46. The Morgan fingerprint density at radius 3 is 2.10 bits per heavy atom. The highest BCUT2D eigenvalue weighted by molar-refractivity contribution is 7.89. The van der Waals surface area contributed by atoms with Crippen LogP contribution in [0.1, 0.15) is 36.5 Å². The number of hydrogen-bond donors (Lipinski definition) is 2. The Kier molecular flexibility index (Phi) is 3.88. The van der Waals surface area contributed by atoms with Crippen LogP contribution in [0.3, 0.4) is 0 Å². The van der Waals surface area contributed by atoms with Gasteiger partial charge in [-0.2, -0.15) is 4.72 Å². The number of rotatable bonds is 5. The lowest BCUT2D eigenvalue weighted by molar-refractivity contribution is -0.144. The van der Waals surface area contributed by atoms with Gasteiger partial charge in [0.05, 0.1) is 4.90 Å². The first-order valence-corrected chi connectivity index (χ1v) is 8.41. The van der Waals surface area contributed by atoms with Gasteiger partial charge in [0.2, 0.25) is 10.0 Å². The topological polar surface area (TPSA) is 83.5 Å². The molecule has 0 aliphatic heterocycles. The van der Waals surface area contributed by atoms with Crippen molar-refractivity contribution in [3.8, 4) is 0 Å². The molecule has 5 nitrogen and oxygen atoms in total. The van der Waals surface area contributed by atoms with E-state index in [9.17, 15) is 18.3 Å². The molecule has 0 aromatic heterocycles. The van der Waals surface area contributed by atoms with Crippen molar-refractivity contribution < 1.29 is 18.3 Å². The molecule has 1 aliphatic carbocycles. The lowest BCUT2D eigenvalue weighted by atomic mass is 9.98. The van der Waals surface area contributed by atoms with Crippen LogP contribution in [0, 0.1) is 26.7 Å². The maximum atomic E-state index is 12.7. The zero-order valence-electron chi connectivity index (χ0n) is 12.7. The molecule has 116 valence electrons. The number of hydrogen-bond acceptors (Lipinski definition) is 3. The van der Waals surface area contributed by atoms with Gasteiger partial charge in [-0.1, -0.05) is 17.7 Å². The third-order valence-electron chi connectivity index (χ3n) is 4.06. The van der Waals surface area contributed by atoms with Crippen LogP contribution in [0.25, 0.3) is 0 Å². The molecule has 1 aromatic rings. The van der Waals surface area contributed by atoms with Crippen molar-refractivity contribution in [2.24, 2.45) is 5.92 Å². The highest BCUT2D eigenvalue weighted by Gasteiger charge is 2.50. The van der Waals surface area contributed by atoms with Crippen LogP contribution in [0.5, 0.6) is 0 Å². The van der Waals surface area contributed by atoms with Crippen molar-refractivity contribution in [3.05, 3.63) is 28.8 Å². The number of sulfonamides is 1. The molecule has 0 saturated heterocycles. The van der Waals surface area contributed by atoms with E-state index in [-0.39, 0.29) is 10.8 Å². The molecule has 1 aromatic carbocycles. The molecule has 0 heterocycles. The fraction of sp³-hybridized carbons (Fsp3) is 0.533. The Bertz CT molecular complexity index is 669. The molecular weight excluding hydrogens is 290 g/mol. The van der Waals surface area contributed by atoms with E-state index in [0.29, 0.717) is 11.1 Å². The van der Waals surface area contributed by atoms with E-state index in [4.69, 9.17) is 0 Å². The molecule has 6 heteroatoms. The van der Waals surface area contributed by atoms with Gasteiger partial charge in [0.15, 0.2) is 0 Å². The molecule has 2 rings (SSSR count). The quantitative estimate of drug-likeness (QED) is 0.872. The van der Waals surface area contributed by atoms with Gasteiger partial charge in [0.25, 0.3) is 0 Å². The van der Waals surface area contributed by atoms with E-state index < -0.39 is 21.5 Å². The number of carbonyl (C=O) groups is 1. The second-order valence-electron chi connectivity index (χ2n) is 6.12. The number of carboxylic acids is 1. The molecule has 0 radical (unpaired) electrons. The summed E-state index contributed by atoms with van der Waals surface area (Å²) in [5, 5.41) is 9.41. The van der Waals surface area contributed by atoms with Crippen LogP contribution in [0.15, 0.2) is 17.0 Å². The number of benzene rings is 1. The van der Waals surface area contributed by atoms with Crippen LogP contribution in [-0.2, 0) is 14.8 Å². The maximum absolute atomic E-state index is 12.7. The van der Waals surface area contributed by atoms with Gasteiger partial charge < -0.3 is 5.11 Å². The molecule has 2 N–H and O–H groups in total. The average molecular weight is 311 g/mol. The summed E-state index contributed by atoms with van der Waals surface area (Å²) in [4.78, 5) is 11.7. The normalized spacial score (nSPS) is 18.3. The molecule has 0 bridgehead atoms. The smallest absolute Gasteiger partial charge is 0.324 e. The summed E-state index contributed by atoms with van der Waals surface area (Å²) in [5.74, 6) is -1.27. The van der Waals surface area contributed by atoms with Gasteiger partial charge in [0.1, 0.15) is 5.54 Å². The van der Waals surface area contributed by atoms with Gasteiger partial charge in [-0.05, 0) is 57.6 Å². The predicted octanol–water partition coefficient (Wildman–Crippen LogP) is 2.14. The number of carboxylic acid groups (broad SMARTS) is 1. The number of aryl methyl sites for hydroxylation is 3. The van der Waals surface area contributed by atoms with E-state index in [0.717, 1.165) is 18.4 Å². The van der Waals surface area contributed by atoms with Crippen LogP contribution in [0.2, 0.25) is 0 Å². The molecule has 1 saturated carbocycles. The van der Waals surface area contributed by atoms with Gasteiger partial charge in [0, 0.05) is 0 Å². The van der Waals surface area contributed by atoms with Gasteiger partial charge >= 0.3 is 5.97 Å². The highest BCUT2D eigenvalue weighted by Crippen LogP contribution is 2.40. The van der Waals surface area contributed by atoms with Crippen LogP contribution >= 0.6 is 0 Å². The summed E-state index contributed by atoms with van der Waals surface area (Å²) >= 11 is 0. The monoisotopic (exact) mass is 311 g/mol. The van der Waals surface area contributed by atoms with E-state index >= 15 is 0 Å². The predicted molar refractivity (Wildman–Crippen MR) is 79.7 cm³/mol. The summed E-state index contributed by atoms with van der Waals surface area (Å²) in [6.07, 6.45) is 1.47. The molecule has 1 aliphatic rings. The van der Waals surface area contributed by atoms with Crippen LogP contribution in [0.4, 0.5) is 0 Å². The Hall–Kier alpha value is -1.40. The zero-order chi connectivity index (χ0) is 16.0. The highest BCUT2D eigenvalue weighted by atomic mass is 32.2. The second-order valence-corrected chi connectivity index (χ2v) is 7.73. The first-order chi connectivity index (χ1) is 9.58. The molecule has 0 spiro atoms. The van der Waals surface area contributed by atoms with E-state index in [1.54, 1.807) is 26.0 Å². The Morgan fingerprint density at radius 2 is 1.71 bits per heavy atom. The van der Waals surface area contributed by atoms with Crippen molar-refractivity contribution in [3.63, 3.8) is 0 Å². The Labute approximate surface area is 125 Å². The minimum absolute atomic E-state index is 0.143. The molecule has 1 atom stereocenters. The average Bonchev–Trinajstić information content (AvgIpc) is 3.08. The molecular formula is C15H21NO4S. The summed E-state index contributed by atoms with van der Waals surface area (Å²) < 4.78 is 27.7. The van der Waals surface area contributed by atoms with Crippen molar-refractivity contribution in [2.45, 2.75) is 51.0 Å². The zero-order valence-corrected chi connectivity index (χ0v) is 13.5. The fourth-order valence-electron chi connectivity index (χ4n) is 2.88. The summed E-state index contributed by atoms with van der Waals surface area (Å²) in [5.41, 5.74) is 0.794. The van der Waals surface area contributed by atoms with E-state index in [2.05, 4.69) is 4.72 Å². The fourth-order valence-corrected chi connectivity index (χ4v) is 4.76. The van der Waals surface area contributed by atoms with Crippen molar-refractivity contribution in [2.75, 3.05) is 0 Å². The molecule has 1 unspecified atom stereocenters. The standard InChI is InChI=1S/C15H21NO4S/c1-9-7-10(2)13(11(3)8-9)21(19,20)16-15(4,14(17)18)12-5-6-12/h7-8,12,16H,5-6H2,1-4H3,(H,17,18). The van der Waals surface area contributed by atoms with Crippen LogP contribution in [-0.4, -0.2) is 25.0 Å². The van der Waals surface area contributed by atoms with Crippen molar-refractivity contribution in [1.82, 2.24) is 4.72 Å². The van der Waals surface area contributed by atoms with Crippen LogP contribution < -0.4 is 4.72 Å². The van der Waals surface area contributed by atoms with E-state index in [1.165, 1.54) is 6.92 Å². The largest absolute Gasteiger partial charge is 0.480 e. The first-order valence-electron chi connectivity index (χ1n) is 6.93. The van der Waals surface area contributed by atoms with Gasteiger partial charge in [-0.25, -0.2) is 8.42 Å². The summed E-state index contributed by atoms with van der Waals surface area (Å²) in [6, 6.07) is 3.58. The molecule has 1 fully saturated rings. The van der Waals surface area contributed by atoms with Crippen molar-refractivity contribution in [1.29, 1.82) is 0 Å². The molecule has 21 heavy (non-hydrogen) atoms. The lowest BCUT2D eigenvalue weighted by Crippen LogP contribution is -2.54. The number of aliphatic carboxylic acids is 1. The van der Waals surface area contributed by atoms with E-state index in [1.807, 2.05) is 6.92 Å². The summed E-state index contributed by atoms with van der Waals surface area (Å²) in [6.45, 7) is 6.80.